The molecule has 0 saturated carbocycles. The molecule has 4 nitrogen and oxygen atoms in total. The van der Waals surface area contributed by atoms with E-state index in [4.69, 9.17) is 16.1 Å². The van der Waals surface area contributed by atoms with Crippen LogP contribution in [0.2, 0.25) is 0 Å². The van der Waals surface area contributed by atoms with Crippen LogP contribution in [0.1, 0.15) is 36.7 Å². The molecule has 0 radical (unpaired) electrons. The lowest BCUT2D eigenvalue weighted by molar-refractivity contribution is 0.420. The van der Waals surface area contributed by atoms with Crippen molar-refractivity contribution in [2.24, 2.45) is 0 Å². The molecule has 5 heteroatoms. The SMILES string of the molecule is CCCC(Cl)c1noc(-c2cccnc2C)n1. The fraction of sp³-hybridized carbons (Fsp3) is 0.417. The Morgan fingerprint density at radius 2 is 2.29 bits per heavy atom. The van der Waals surface area contributed by atoms with Crippen molar-refractivity contribution in [1.82, 2.24) is 15.1 Å². The summed E-state index contributed by atoms with van der Waals surface area (Å²) in [6.45, 7) is 3.98. The van der Waals surface area contributed by atoms with Gasteiger partial charge in [0.25, 0.3) is 5.89 Å². The lowest BCUT2D eigenvalue weighted by atomic mass is 10.2. The molecular formula is C12H14ClN3O. The number of halogens is 1. The van der Waals surface area contributed by atoms with Gasteiger partial charge >= 0.3 is 0 Å². The molecule has 0 spiro atoms. The molecule has 2 heterocycles. The van der Waals surface area contributed by atoms with Crippen molar-refractivity contribution in [2.45, 2.75) is 32.1 Å². The van der Waals surface area contributed by atoms with Crippen LogP contribution in [0.15, 0.2) is 22.9 Å². The van der Waals surface area contributed by atoms with E-state index in [1.807, 2.05) is 19.1 Å². The third-order valence-electron chi connectivity index (χ3n) is 2.50. The number of aromatic nitrogens is 3. The van der Waals surface area contributed by atoms with Crippen LogP contribution in [0.3, 0.4) is 0 Å². The van der Waals surface area contributed by atoms with Crippen molar-refractivity contribution < 1.29 is 4.52 Å². The van der Waals surface area contributed by atoms with Crippen molar-refractivity contribution in [1.29, 1.82) is 0 Å². The van der Waals surface area contributed by atoms with Gasteiger partial charge in [0.15, 0.2) is 5.82 Å². The first-order valence-electron chi connectivity index (χ1n) is 5.62. The highest BCUT2D eigenvalue weighted by atomic mass is 35.5. The Balaban J connectivity index is 2.27. The molecule has 0 aliphatic heterocycles. The van der Waals surface area contributed by atoms with Gasteiger partial charge < -0.3 is 4.52 Å². The van der Waals surface area contributed by atoms with Crippen molar-refractivity contribution in [3.05, 3.63) is 29.8 Å². The fourth-order valence-electron chi connectivity index (χ4n) is 1.56. The van der Waals surface area contributed by atoms with Crippen LogP contribution < -0.4 is 0 Å². The summed E-state index contributed by atoms with van der Waals surface area (Å²) >= 11 is 6.15. The molecule has 17 heavy (non-hydrogen) atoms. The highest BCUT2D eigenvalue weighted by molar-refractivity contribution is 6.20. The summed E-state index contributed by atoms with van der Waals surface area (Å²) in [6.07, 6.45) is 3.56. The van der Waals surface area contributed by atoms with E-state index in [1.165, 1.54) is 0 Å². The molecule has 2 rings (SSSR count). The van der Waals surface area contributed by atoms with Crippen molar-refractivity contribution in [2.75, 3.05) is 0 Å². The van der Waals surface area contributed by atoms with E-state index in [-0.39, 0.29) is 5.38 Å². The minimum Gasteiger partial charge on any atom is -0.334 e. The van der Waals surface area contributed by atoms with Gasteiger partial charge in [0.2, 0.25) is 0 Å². The lowest BCUT2D eigenvalue weighted by Gasteiger charge is -2.00. The molecule has 0 amide bonds. The molecule has 2 aromatic heterocycles. The predicted molar refractivity (Wildman–Crippen MR) is 65.8 cm³/mol. The number of nitrogens with zero attached hydrogens (tertiary/aromatic N) is 3. The molecular weight excluding hydrogens is 238 g/mol. The smallest absolute Gasteiger partial charge is 0.259 e. The van der Waals surface area contributed by atoms with Gasteiger partial charge in [0, 0.05) is 11.9 Å². The molecule has 0 fully saturated rings. The van der Waals surface area contributed by atoms with Gasteiger partial charge in [-0.2, -0.15) is 4.98 Å². The summed E-state index contributed by atoms with van der Waals surface area (Å²) in [4.78, 5) is 8.50. The normalized spacial score (nSPS) is 12.6. The standard InChI is InChI=1S/C12H14ClN3O/c1-3-5-10(13)11-15-12(17-16-11)9-6-4-7-14-8(9)2/h4,6-7,10H,3,5H2,1-2H3. The first-order chi connectivity index (χ1) is 8.22. The number of alkyl halides is 1. The van der Waals surface area contributed by atoms with Crippen LogP contribution in [0.25, 0.3) is 11.5 Å². The predicted octanol–water partition coefficient (Wildman–Crippen LogP) is 3.52. The molecule has 0 bridgehead atoms. The average Bonchev–Trinajstić information content (AvgIpc) is 2.79. The van der Waals surface area contributed by atoms with Crippen LogP contribution in [0.5, 0.6) is 0 Å². The van der Waals surface area contributed by atoms with E-state index >= 15 is 0 Å². The van der Waals surface area contributed by atoms with Gasteiger partial charge in [-0.15, -0.1) is 11.6 Å². The molecule has 0 aromatic carbocycles. The average molecular weight is 252 g/mol. The summed E-state index contributed by atoms with van der Waals surface area (Å²) in [7, 11) is 0. The van der Waals surface area contributed by atoms with Crippen molar-refractivity contribution >= 4 is 11.6 Å². The summed E-state index contributed by atoms with van der Waals surface area (Å²) in [5, 5.41) is 3.72. The molecule has 0 aliphatic carbocycles. The number of aryl methyl sites for hydroxylation is 1. The molecule has 0 N–H and O–H groups in total. The molecule has 1 atom stereocenters. The first-order valence-corrected chi connectivity index (χ1v) is 6.05. The van der Waals surface area contributed by atoms with Crippen LogP contribution in [-0.2, 0) is 0 Å². The topological polar surface area (TPSA) is 51.8 Å². The van der Waals surface area contributed by atoms with Gasteiger partial charge in [-0.3, -0.25) is 4.98 Å². The largest absolute Gasteiger partial charge is 0.334 e. The Bertz CT molecular complexity index is 498. The number of pyridine rings is 1. The van der Waals surface area contributed by atoms with Crippen LogP contribution in [0, 0.1) is 6.92 Å². The van der Waals surface area contributed by atoms with Gasteiger partial charge in [-0.05, 0) is 25.5 Å². The first kappa shape index (κ1) is 12.0. The maximum atomic E-state index is 6.15. The van der Waals surface area contributed by atoms with E-state index in [9.17, 15) is 0 Å². The third-order valence-corrected chi connectivity index (χ3v) is 2.91. The Morgan fingerprint density at radius 3 is 3.00 bits per heavy atom. The van der Waals surface area contributed by atoms with Crippen LogP contribution in [0.4, 0.5) is 0 Å². The summed E-state index contributed by atoms with van der Waals surface area (Å²) < 4.78 is 5.21. The van der Waals surface area contributed by atoms with Crippen molar-refractivity contribution in [3.8, 4) is 11.5 Å². The third kappa shape index (κ3) is 2.64. The number of hydrogen-bond donors (Lipinski definition) is 0. The monoisotopic (exact) mass is 251 g/mol. The molecule has 0 saturated heterocycles. The minimum atomic E-state index is -0.186. The number of hydrogen-bond acceptors (Lipinski definition) is 4. The molecule has 90 valence electrons. The lowest BCUT2D eigenvalue weighted by Crippen LogP contribution is -1.93. The summed E-state index contributed by atoms with van der Waals surface area (Å²) in [5.74, 6) is 1.03. The maximum absolute atomic E-state index is 6.15. The fourth-order valence-corrected chi connectivity index (χ4v) is 1.87. The zero-order valence-corrected chi connectivity index (χ0v) is 10.6. The minimum absolute atomic E-state index is 0.186. The van der Waals surface area contributed by atoms with Crippen molar-refractivity contribution in [3.63, 3.8) is 0 Å². The van der Waals surface area contributed by atoms with E-state index in [0.717, 1.165) is 24.1 Å². The quantitative estimate of drug-likeness (QED) is 0.780. The zero-order valence-electron chi connectivity index (χ0n) is 9.85. The van der Waals surface area contributed by atoms with E-state index in [2.05, 4.69) is 22.0 Å². The van der Waals surface area contributed by atoms with Gasteiger partial charge in [-0.25, -0.2) is 0 Å². The second-order valence-electron chi connectivity index (χ2n) is 3.85. The van der Waals surface area contributed by atoms with E-state index < -0.39 is 0 Å². The molecule has 0 aliphatic rings. The van der Waals surface area contributed by atoms with Crippen LogP contribution in [-0.4, -0.2) is 15.1 Å². The Kier molecular flexibility index (Phi) is 3.74. The summed E-state index contributed by atoms with van der Waals surface area (Å²) in [6, 6.07) is 3.75. The Labute approximate surface area is 105 Å². The second-order valence-corrected chi connectivity index (χ2v) is 4.38. The zero-order chi connectivity index (χ0) is 12.3. The maximum Gasteiger partial charge on any atom is 0.259 e. The Hall–Kier alpha value is -1.42. The molecule has 2 aromatic rings. The Morgan fingerprint density at radius 1 is 1.47 bits per heavy atom. The highest BCUT2D eigenvalue weighted by Crippen LogP contribution is 2.26. The highest BCUT2D eigenvalue weighted by Gasteiger charge is 2.16. The van der Waals surface area contributed by atoms with E-state index in [1.54, 1.807) is 6.20 Å². The number of rotatable bonds is 4. The second kappa shape index (κ2) is 5.27. The molecule has 1 unspecified atom stereocenters. The van der Waals surface area contributed by atoms with Gasteiger partial charge in [0.1, 0.15) is 0 Å². The van der Waals surface area contributed by atoms with Gasteiger partial charge in [-0.1, -0.05) is 18.5 Å². The summed E-state index contributed by atoms with van der Waals surface area (Å²) in [5.41, 5.74) is 1.72. The van der Waals surface area contributed by atoms with Crippen LogP contribution >= 0.6 is 11.6 Å². The van der Waals surface area contributed by atoms with Gasteiger partial charge in [0.05, 0.1) is 10.9 Å². The van der Waals surface area contributed by atoms with E-state index in [0.29, 0.717) is 11.7 Å².